The predicted octanol–water partition coefficient (Wildman–Crippen LogP) is 2.01. The van der Waals surface area contributed by atoms with E-state index in [2.05, 4.69) is 10.6 Å². The van der Waals surface area contributed by atoms with Gasteiger partial charge in [0.15, 0.2) is 0 Å². The second-order valence-electron chi connectivity index (χ2n) is 5.26. The highest BCUT2D eigenvalue weighted by atomic mass is 16.3. The van der Waals surface area contributed by atoms with E-state index in [0.29, 0.717) is 24.1 Å². The highest BCUT2D eigenvalue weighted by molar-refractivity contribution is 5.98. The second kappa shape index (κ2) is 5.94. The lowest BCUT2D eigenvalue weighted by Gasteiger charge is -2.17. The van der Waals surface area contributed by atoms with Gasteiger partial charge in [-0.15, -0.1) is 0 Å². The summed E-state index contributed by atoms with van der Waals surface area (Å²) in [6.07, 6.45) is 2.80. The molecule has 1 aliphatic rings. The average Bonchev–Trinajstić information content (AvgIpc) is 2.64. The van der Waals surface area contributed by atoms with Gasteiger partial charge in [-0.05, 0) is 38.3 Å². The van der Waals surface area contributed by atoms with Crippen LogP contribution in [0.1, 0.15) is 36.8 Å². The van der Waals surface area contributed by atoms with Crippen molar-refractivity contribution in [2.75, 3.05) is 5.32 Å². The predicted molar refractivity (Wildman–Crippen MR) is 76.6 cm³/mol. The first-order chi connectivity index (χ1) is 9.49. The molecule has 5 heteroatoms. The van der Waals surface area contributed by atoms with Crippen molar-refractivity contribution in [2.45, 2.75) is 45.6 Å². The monoisotopic (exact) mass is 276 g/mol. The summed E-state index contributed by atoms with van der Waals surface area (Å²) in [6, 6.07) is 3.03. The molecule has 1 aliphatic heterocycles. The number of aryl methyl sites for hydroxylation is 1. The molecule has 1 fully saturated rings. The summed E-state index contributed by atoms with van der Waals surface area (Å²) in [5.41, 5.74) is 1.98. The number of nitrogens with one attached hydrogen (secondary N) is 2. The smallest absolute Gasteiger partial charge is 0.246 e. The average molecular weight is 276 g/mol. The Kier molecular flexibility index (Phi) is 4.27. The summed E-state index contributed by atoms with van der Waals surface area (Å²) < 4.78 is 0. The van der Waals surface area contributed by atoms with Gasteiger partial charge in [-0.1, -0.05) is 12.5 Å². The van der Waals surface area contributed by atoms with Crippen LogP contribution in [0.3, 0.4) is 0 Å². The Bertz CT molecular complexity index is 540. The molecule has 108 valence electrons. The normalized spacial score (nSPS) is 19.1. The molecule has 3 N–H and O–H groups in total. The van der Waals surface area contributed by atoms with E-state index >= 15 is 0 Å². The highest BCUT2D eigenvalue weighted by Crippen LogP contribution is 2.28. The maximum Gasteiger partial charge on any atom is 0.246 e. The standard InChI is InChI=1S/C15H20N2O3/c1-9-7-8-11(10(2)14(9)19)17-15(20)12-5-3-4-6-13(18)16-12/h7-8,12,19H,3-6H2,1-2H3,(H,16,18)(H,17,20). The molecule has 1 saturated heterocycles. The number of hydrogen-bond acceptors (Lipinski definition) is 3. The van der Waals surface area contributed by atoms with Crippen LogP contribution in [-0.4, -0.2) is 23.0 Å². The van der Waals surface area contributed by atoms with E-state index in [-0.39, 0.29) is 17.6 Å². The van der Waals surface area contributed by atoms with E-state index in [1.165, 1.54) is 0 Å². The summed E-state index contributed by atoms with van der Waals surface area (Å²) >= 11 is 0. The van der Waals surface area contributed by atoms with Crippen LogP contribution in [0.15, 0.2) is 12.1 Å². The molecular weight excluding hydrogens is 256 g/mol. The van der Waals surface area contributed by atoms with Gasteiger partial charge in [0, 0.05) is 17.7 Å². The summed E-state index contributed by atoms with van der Waals surface area (Å²) in [7, 11) is 0. The lowest BCUT2D eigenvalue weighted by molar-refractivity contribution is -0.125. The minimum absolute atomic E-state index is 0.0777. The van der Waals surface area contributed by atoms with Gasteiger partial charge in [0.25, 0.3) is 0 Å². The van der Waals surface area contributed by atoms with Gasteiger partial charge in [0.05, 0.1) is 0 Å². The Labute approximate surface area is 118 Å². The summed E-state index contributed by atoms with van der Waals surface area (Å²) in [6.45, 7) is 3.56. The summed E-state index contributed by atoms with van der Waals surface area (Å²) in [5.74, 6) is -0.120. The zero-order valence-electron chi connectivity index (χ0n) is 11.8. The fourth-order valence-electron chi connectivity index (χ4n) is 2.36. The first-order valence-corrected chi connectivity index (χ1v) is 6.88. The van der Waals surface area contributed by atoms with E-state index < -0.39 is 6.04 Å². The first kappa shape index (κ1) is 14.4. The molecule has 1 unspecified atom stereocenters. The Morgan fingerprint density at radius 2 is 2.10 bits per heavy atom. The van der Waals surface area contributed by atoms with E-state index in [1.807, 2.05) is 0 Å². The third-order valence-electron chi connectivity index (χ3n) is 3.69. The number of amides is 2. The Balaban J connectivity index is 2.11. The number of carbonyl (C=O) groups excluding carboxylic acids is 2. The number of phenols is 1. The topological polar surface area (TPSA) is 78.4 Å². The molecule has 0 radical (unpaired) electrons. The van der Waals surface area contributed by atoms with Gasteiger partial charge in [0.1, 0.15) is 11.8 Å². The van der Waals surface area contributed by atoms with Crippen molar-refractivity contribution in [3.05, 3.63) is 23.3 Å². The molecule has 2 rings (SSSR count). The molecule has 1 aromatic carbocycles. The summed E-state index contributed by atoms with van der Waals surface area (Å²) in [5, 5.41) is 15.4. The van der Waals surface area contributed by atoms with Gasteiger partial charge >= 0.3 is 0 Å². The molecule has 0 aliphatic carbocycles. The minimum atomic E-state index is -0.493. The lowest BCUT2D eigenvalue weighted by Crippen LogP contribution is -2.42. The van der Waals surface area contributed by atoms with E-state index in [1.54, 1.807) is 26.0 Å². The molecule has 0 bridgehead atoms. The second-order valence-corrected chi connectivity index (χ2v) is 5.26. The number of aromatic hydroxyl groups is 1. The van der Waals surface area contributed by atoms with Gasteiger partial charge in [-0.2, -0.15) is 0 Å². The maximum absolute atomic E-state index is 12.2. The van der Waals surface area contributed by atoms with Crippen LogP contribution in [0.4, 0.5) is 5.69 Å². The van der Waals surface area contributed by atoms with Crippen LogP contribution < -0.4 is 10.6 Å². The van der Waals surface area contributed by atoms with Crippen LogP contribution in [0, 0.1) is 13.8 Å². The van der Waals surface area contributed by atoms with Crippen molar-refractivity contribution < 1.29 is 14.7 Å². The largest absolute Gasteiger partial charge is 0.507 e. The first-order valence-electron chi connectivity index (χ1n) is 6.88. The molecule has 1 heterocycles. The van der Waals surface area contributed by atoms with Gasteiger partial charge < -0.3 is 15.7 Å². The van der Waals surface area contributed by atoms with E-state index in [9.17, 15) is 14.7 Å². The fourth-order valence-corrected chi connectivity index (χ4v) is 2.36. The lowest BCUT2D eigenvalue weighted by atomic mass is 10.1. The molecule has 2 amide bonds. The molecule has 0 saturated carbocycles. The third-order valence-corrected chi connectivity index (χ3v) is 3.69. The molecule has 0 aromatic heterocycles. The summed E-state index contributed by atoms with van der Waals surface area (Å²) in [4.78, 5) is 23.7. The van der Waals surface area contributed by atoms with Crippen LogP contribution in [0.2, 0.25) is 0 Å². The van der Waals surface area contributed by atoms with E-state index in [4.69, 9.17) is 0 Å². The van der Waals surface area contributed by atoms with Crippen molar-refractivity contribution in [1.82, 2.24) is 5.32 Å². The number of hydrogen-bond donors (Lipinski definition) is 3. The van der Waals surface area contributed by atoms with Gasteiger partial charge in [0.2, 0.25) is 11.8 Å². The fraction of sp³-hybridized carbons (Fsp3) is 0.467. The number of anilines is 1. The molecule has 0 spiro atoms. The molecular formula is C15H20N2O3. The van der Waals surface area contributed by atoms with Crippen molar-refractivity contribution in [3.8, 4) is 5.75 Å². The quantitative estimate of drug-likeness (QED) is 0.773. The SMILES string of the molecule is Cc1ccc(NC(=O)C2CCCCC(=O)N2)c(C)c1O. The number of rotatable bonds is 2. The van der Waals surface area contributed by atoms with Crippen LogP contribution in [0.5, 0.6) is 5.75 Å². The van der Waals surface area contributed by atoms with E-state index in [0.717, 1.165) is 18.4 Å². The van der Waals surface area contributed by atoms with Crippen LogP contribution >= 0.6 is 0 Å². The maximum atomic E-state index is 12.2. The zero-order chi connectivity index (χ0) is 14.7. The third kappa shape index (κ3) is 3.10. The number of phenolic OH excluding ortho intramolecular Hbond substituents is 1. The van der Waals surface area contributed by atoms with Crippen molar-refractivity contribution in [3.63, 3.8) is 0 Å². The van der Waals surface area contributed by atoms with Gasteiger partial charge in [-0.3, -0.25) is 9.59 Å². The Morgan fingerprint density at radius 1 is 1.35 bits per heavy atom. The van der Waals surface area contributed by atoms with Crippen LogP contribution in [-0.2, 0) is 9.59 Å². The van der Waals surface area contributed by atoms with Crippen LogP contribution in [0.25, 0.3) is 0 Å². The van der Waals surface area contributed by atoms with Crippen molar-refractivity contribution in [2.24, 2.45) is 0 Å². The Morgan fingerprint density at radius 3 is 2.85 bits per heavy atom. The molecule has 5 nitrogen and oxygen atoms in total. The number of benzene rings is 1. The zero-order valence-corrected chi connectivity index (χ0v) is 11.8. The molecule has 1 atom stereocenters. The minimum Gasteiger partial charge on any atom is -0.507 e. The van der Waals surface area contributed by atoms with Crippen molar-refractivity contribution in [1.29, 1.82) is 0 Å². The van der Waals surface area contributed by atoms with Gasteiger partial charge in [-0.25, -0.2) is 0 Å². The Hall–Kier alpha value is -2.04. The molecule has 20 heavy (non-hydrogen) atoms. The highest BCUT2D eigenvalue weighted by Gasteiger charge is 2.23. The number of carbonyl (C=O) groups is 2. The molecule has 1 aromatic rings. The van der Waals surface area contributed by atoms with Crippen molar-refractivity contribution >= 4 is 17.5 Å².